The molecule has 2 heterocycles. The number of morpholine rings is 1. The Hall–Kier alpha value is -3.41. The van der Waals surface area contributed by atoms with Crippen molar-refractivity contribution in [3.8, 4) is 5.75 Å². The number of amides is 1. The van der Waals surface area contributed by atoms with E-state index in [1.807, 2.05) is 0 Å². The molecule has 0 aliphatic carbocycles. The lowest BCUT2D eigenvalue weighted by Crippen LogP contribution is -2.37. The van der Waals surface area contributed by atoms with Gasteiger partial charge in [0.2, 0.25) is 5.91 Å². The van der Waals surface area contributed by atoms with Crippen LogP contribution in [0.15, 0.2) is 36.7 Å². The van der Waals surface area contributed by atoms with Gasteiger partial charge in [0.1, 0.15) is 12.1 Å². The zero-order valence-electron chi connectivity index (χ0n) is 18.9. The molecule has 1 amide bonds. The van der Waals surface area contributed by atoms with Crippen LogP contribution < -0.4 is 9.64 Å². The number of hydrogen-bond donors (Lipinski definition) is 0. The van der Waals surface area contributed by atoms with Crippen LogP contribution >= 0.6 is 11.6 Å². The second-order valence-corrected chi connectivity index (χ2v) is 8.31. The molecule has 1 saturated heterocycles. The zero-order chi connectivity index (χ0) is 24.9. The number of fused-ring (bicyclic) bond motifs is 1. The molecule has 0 radical (unpaired) electrons. The summed E-state index contributed by atoms with van der Waals surface area (Å²) in [5.74, 6) is -0.906. The largest absolute Gasteiger partial charge is 0.487 e. The number of nitro benzene ring substituents is 1. The fourth-order valence-electron chi connectivity index (χ4n) is 3.87. The van der Waals surface area contributed by atoms with Crippen LogP contribution in [-0.4, -0.2) is 65.2 Å². The number of rotatable bonds is 8. The fraction of sp³-hybridized carbons (Fsp3) is 0.348. The minimum absolute atomic E-state index is 0.0772. The summed E-state index contributed by atoms with van der Waals surface area (Å²) in [5.41, 5.74) is 0.332. The molecule has 0 bridgehead atoms. The van der Waals surface area contributed by atoms with Gasteiger partial charge >= 0.3 is 5.69 Å². The van der Waals surface area contributed by atoms with Crippen LogP contribution in [-0.2, 0) is 9.53 Å². The van der Waals surface area contributed by atoms with Crippen molar-refractivity contribution in [1.29, 1.82) is 0 Å². The molecule has 0 unspecified atom stereocenters. The van der Waals surface area contributed by atoms with Crippen LogP contribution in [0.2, 0.25) is 5.02 Å². The monoisotopic (exact) mass is 503 g/mol. The molecular formula is C23H23ClFN5O5. The summed E-state index contributed by atoms with van der Waals surface area (Å²) >= 11 is 5.91. The molecule has 0 saturated carbocycles. The Morgan fingerprint density at radius 3 is 2.74 bits per heavy atom. The van der Waals surface area contributed by atoms with Crippen LogP contribution in [0, 0.1) is 15.9 Å². The predicted molar refractivity (Wildman–Crippen MR) is 128 cm³/mol. The topological polar surface area (TPSA) is 111 Å². The van der Waals surface area contributed by atoms with E-state index in [0.29, 0.717) is 25.2 Å². The van der Waals surface area contributed by atoms with Crippen molar-refractivity contribution in [2.75, 3.05) is 44.4 Å². The van der Waals surface area contributed by atoms with E-state index in [9.17, 15) is 19.3 Å². The van der Waals surface area contributed by atoms with Gasteiger partial charge in [-0.25, -0.2) is 14.4 Å². The lowest BCUT2D eigenvalue weighted by atomic mass is 10.1. The first-order valence-corrected chi connectivity index (χ1v) is 11.3. The van der Waals surface area contributed by atoms with Gasteiger partial charge in [0.25, 0.3) is 0 Å². The van der Waals surface area contributed by atoms with Crippen LogP contribution in [0.5, 0.6) is 5.75 Å². The van der Waals surface area contributed by atoms with E-state index in [-0.39, 0.29) is 40.0 Å². The average Bonchev–Trinajstić information content (AvgIpc) is 2.84. The molecule has 4 rings (SSSR count). The molecule has 1 aliphatic rings. The van der Waals surface area contributed by atoms with Crippen LogP contribution in [0.25, 0.3) is 10.9 Å². The van der Waals surface area contributed by atoms with Gasteiger partial charge in [-0.3, -0.25) is 24.7 Å². The van der Waals surface area contributed by atoms with Crippen molar-refractivity contribution in [3.63, 3.8) is 0 Å². The molecular weight excluding hydrogens is 481 g/mol. The molecule has 0 atom stereocenters. The third-order valence-corrected chi connectivity index (χ3v) is 5.85. The van der Waals surface area contributed by atoms with E-state index in [4.69, 9.17) is 21.1 Å². The van der Waals surface area contributed by atoms with E-state index in [0.717, 1.165) is 25.7 Å². The quantitative estimate of drug-likeness (QED) is 0.256. The first kappa shape index (κ1) is 24.7. The maximum absolute atomic E-state index is 13.7. The Labute approximate surface area is 205 Å². The van der Waals surface area contributed by atoms with Crippen molar-refractivity contribution >= 4 is 45.6 Å². The maximum Gasteiger partial charge on any atom is 0.311 e. The zero-order valence-corrected chi connectivity index (χ0v) is 19.7. The van der Waals surface area contributed by atoms with Gasteiger partial charge < -0.3 is 9.47 Å². The lowest BCUT2D eigenvalue weighted by Gasteiger charge is -2.26. The van der Waals surface area contributed by atoms with Gasteiger partial charge in [0.05, 0.1) is 46.4 Å². The van der Waals surface area contributed by atoms with Crippen molar-refractivity contribution in [2.24, 2.45) is 0 Å². The van der Waals surface area contributed by atoms with E-state index < -0.39 is 16.6 Å². The molecule has 2 aromatic carbocycles. The first-order valence-electron chi connectivity index (χ1n) is 11.0. The smallest absolute Gasteiger partial charge is 0.311 e. The van der Waals surface area contributed by atoms with E-state index in [2.05, 4.69) is 14.9 Å². The van der Waals surface area contributed by atoms with Gasteiger partial charge in [-0.05, 0) is 24.6 Å². The number of halogens is 2. The molecule has 1 aliphatic heterocycles. The highest BCUT2D eigenvalue weighted by molar-refractivity contribution is 6.31. The summed E-state index contributed by atoms with van der Waals surface area (Å²) in [4.78, 5) is 35.7. The van der Waals surface area contributed by atoms with E-state index >= 15 is 0 Å². The van der Waals surface area contributed by atoms with E-state index in [1.165, 1.54) is 42.4 Å². The standard InChI is InChI=1S/C23H23ClFN5O5/c1-15(31)29(16-3-4-19(25)18(24)11-16)23-17-12-21(30(32)33)22(13-20(17)26-14-27-23)35-8-2-5-28-6-9-34-10-7-28/h3-4,11-14H,2,5-10H2,1H3. The number of anilines is 2. The number of ether oxygens (including phenoxy) is 2. The third kappa shape index (κ3) is 5.64. The molecule has 3 aromatic rings. The van der Waals surface area contributed by atoms with Crippen LogP contribution in [0.3, 0.4) is 0 Å². The summed E-state index contributed by atoms with van der Waals surface area (Å²) in [5, 5.41) is 11.9. The SMILES string of the molecule is CC(=O)N(c1ccc(F)c(Cl)c1)c1ncnc2cc(OCCCN3CCOCC3)c([N+](=O)[O-])cc12. The molecule has 12 heteroatoms. The highest BCUT2D eigenvalue weighted by atomic mass is 35.5. The van der Waals surface area contributed by atoms with Gasteiger partial charge in [0, 0.05) is 38.7 Å². The second kappa shape index (κ2) is 10.9. The minimum Gasteiger partial charge on any atom is -0.487 e. The summed E-state index contributed by atoms with van der Waals surface area (Å²) in [6.07, 6.45) is 1.93. The summed E-state index contributed by atoms with van der Waals surface area (Å²) in [6.45, 7) is 5.47. The lowest BCUT2D eigenvalue weighted by molar-refractivity contribution is -0.385. The molecule has 1 fully saturated rings. The van der Waals surface area contributed by atoms with Crippen molar-refractivity contribution in [3.05, 3.63) is 57.6 Å². The molecule has 0 N–H and O–H groups in total. The Bertz CT molecular complexity index is 1250. The molecule has 184 valence electrons. The van der Waals surface area contributed by atoms with Gasteiger partial charge in [-0.15, -0.1) is 0 Å². The molecule has 10 nitrogen and oxygen atoms in total. The molecule has 35 heavy (non-hydrogen) atoms. The van der Waals surface area contributed by atoms with Crippen LogP contribution in [0.1, 0.15) is 13.3 Å². The molecule has 1 aromatic heterocycles. The Morgan fingerprint density at radius 2 is 2.06 bits per heavy atom. The number of aromatic nitrogens is 2. The third-order valence-electron chi connectivity index (χ3n) is 5.56. The summed E-state index contributed by atoms with van der Waals surface area (Å²) in [7, 11) is 0. The Balaban J connectivity index is 1.64. The molecule has 0 spiro atoms. The van der Waals surface area contributed by atoms with Gasteiger partial charge in [0.15, 0.2) is 11.6 Å². The highest BCUT2D eigenvalue weighted by Crippen LogP contribution is 2.37. The van der Waals surface area contributed by atoms with Crippen LogP contribution in [0.4, 0.5) is 21.6 Å². The van der Waals surface area contributed by atoms with Crippen molar-refractivity contribution in [2.45, 2.75) is 13.3 Å². The first-order chi connectivity index (χ1) is 16.8. The Kier molecular flexibility index (Phi) is 7.69. The average molecular weight is 504 g/mol. The van der Waals surface area contributed by atoms with E-state index in [1.54, 1.807) is 0 Å². The predicted octanol–water partition coefficient (Wildman–Crippen LogP) is 4.12. The van der Waals surface area contributed by atoms with Crippen molar-refractivity contribution in [1.82, 2.24) is 14.9 Å². The fourth-order valence-corrected chi connectivity index (χ4v) is 4.04. The maximum atomic E-state index is 13.7. The Morgan fingerprint density at radius 1 is 1.29 bits per heavy atom. The van der Waals surface area contributed by atoms with Gasteiger partial charge in [-0.2, -0.15) is 0 Å². The highest BCUT2D eigenvalue weighted by Gasteiger charge is 2.24. The minimum atomic E-state index is -0.641. The summed E-state index contributed by atoms with van der Waals surface area (Å²) < 4.78 is 24.8. The summed E-state index contributed by atoms with van der Waals surface area (Å²) in [6, 6.07) is 6.53. The number of carbonyl (C=O) groups excluding carboxylic acids is 1. The number of hydrogen-bond acceptors (Lipinski definition) is 8. The normalized spacial score (nSPS) is 14.1. The number of nitro groups is 1. The second-order valence-electron chi connectivity index (χ2n) is 7.90. The van der Waals surface area contributed by atoms with Crippen molar-refractivity contribution < 1.29 is 23.6 Å². The number of benzene rings is 2. The van der Waals surface area contributed by atoms with Gasteiger partial charge in [-0.1, -0.05) is 11.6 Å². The number of carbonyl (C=O) groups is 1. The number of nitrogens with zero attached hydrogens (tertiary/aromatic N) is 5.